The van der Waals surface area contributed by atoms with Crippen LogP contribution in [0.1, 0.15) is 20.0 Å². The van der Waals surface area contributed by atoms with Gasteiger partial charge >= 0.3 is 5.97 Å². The fourth-order valence-corrected chi connectivity index (χ4v) is 3.07. The van der Waals surface area contributed by atoms with Crippen LogP contribution in [0.3, 0.4) is 0 Å². The highest BCUT2D eigenvalue weighted by atomic mass is 35.5. The van der Waals surface area contributed by atoms with Gasteiger partial charge in [0.2, 0.25) is 12.6 Å². The number of thiophene rings is 1. The SMILES string of the molecule is O=C(OCC(=O)c1ccc(Cl)s1)c1cc(Cl)c2c(c1)OCO2. The Morgan fingerprint density at radius 3 is 2.77 bits per heavy atom. The molecular formula is C14H8Cl2O5S. The molecule has 5 nitrogen and oxygen atoms in total. The lowest BCUT2D eigenvalue weighted by Gasteiger charge is -2.05. The van der Waals surface area contributed by atoms with E-state index < -0.39 is 5.97 Å². The summed E-state index contributed by atoms with van der Waals surface area (Å²) in [6, 6.07) is 6.06. The minimum Gasteiger partial charge on any atom is -0.454 e. The van der Waals surface area contributed by atoms with Crippen molar-refractivity contribution < 1.29 is 23.8 Å². The number of esters is 1. The van der Waals surface area contributed by atoms with E-state index in [1.54, 1.807) is 12.1 Å². The molecule has 2 heterocycles. The zero-order valence-electron chi connectivity index (χ0n) is 10.9. The molecule has 0 radical (unpaired) electrons. The summed E-state index contributed by atoms with van der Waals surface area (Å²) in [7, 11) is 0. The van der Waals surface area contributed by atoms with Crippen LogP contribution in [0.15, 0.2) is 24.3 Å². The summed E-state index contributed by atoms with van der Waals surface area (Å²) in [6.07, 6.45) is 0. The molecule has 3 rings (SSSR count). The van der Waals surface area contributed by atoms with Crippen LogP contribution in [-0.2, 0) is 4.74 Å². The molecule has 1 aliphatic heterocycles. The number of hydrogen-bond donors (Lipinski definition) is 0. The number of carbonyl (C=O) groups excluding carboxylic acids is 2. The van der Waals surface area contributed by atoms with Gasteiger partial charge in [0.25, 0.3) is 0 Å². The van der Waals surface area contributed by atoms with Gasteiger partial charge < -0.3 is 14.2 Å². The van der Waals surface area contributed by atoms with E-state index in [9.17, 15) is 9.59 Å². The third-order valence-corrected chi connectivity index (χ3v) is 4.40. The molecule has 0 amide bonds. The maximum Gasteiger partial charge on any atom is 0.338 e. The van der Waals surface area contributed by atoms with Crippen molar-refractivity contribution in [3.63, 3.8) is 0 Å². The van der Waals surface area contributed by atoms with Crippen LogP contribution in [0, 0.1) is 0 Å². The molecule has 2 aromatic rings. The Bertz CT molecular complexity index is 756. The maximum atomic E-state index is 12.0. The van der Waals surface area contributed by atoms with Crippen molar-refractivity contribution >= 4 is 46.3 Å². The van der Waals surface area contributed by atoms with E-state index in [0.29, 0.717) is 20.7 Å². The predicted molar refractivity (Wildman–Crippen MR) is 81.5 cm³/mol. The van der Waals surface area contributed by atoms with Crippen LogP contribution in [0.2, 0.25) is 9.36 Å². The second kappa shape index (κ2) is 6.16. The van der Waals surface area contributed by atoms with Gasteiger partial charge in [-0.15, -0.1) is 11.3 Å². The molecule has 0 saturated heterocycles. The molecule has 0 atom stereocenters. The van der Waals surface area contributed by atoms with Gasteiger partial charge in [-0.3, -0.25) is 4.79 Å². The molecule has 0 N–H and O–H groups in total. The summed E-state index contributed by atoms with van der Waals surface area (Å²) in [5, 5.41) is 0.248. The van der Waals surface area contributed by atoms with Crippen molar-refractivity contribution in [3.05, 3.63) is 44.1 Å². The Labute approximate surface area is 139 Å². The summed E-state index contributed by atoms with van der Waals surface area (Å²) >= 11 is 12.9. The molecule has 0 spiro atoms. The van der Waals surface area contributed by atoms with Gasteiger partial charge in [-0.25, -0.2) is 4.79 Å². The van der Waals surface area contributed by atoms with Crippen LogP contribution < -0.4 is 9.47 Å². The molecule has 0 aliphatic carbocycles. The molecular weight excluding hydrogens is 351 g/mol. The average molecular weight is 359 g/mol. The third-order valence-electron chi connectivity index (χ3n) is 2.85. The highest BCUT2D eigenvalue weighted by Crippen LogP contribution is 2.39. The quantitative estimate of drug-likeness (QED) is 0.613. The van der Waals surface area contributed by atoms with E-state index in [1.807, 2.05) is 0 Å². The van der Waals surface area contributed by atoms with Gasteiger partial charge in [-0.2, -0.15) is 0 Å². The predicted octanol–water partition coefficient (Wildman–Crippen LogP) is 3.82. The van der Waals surface area contributed by atoms with Crippen LogP contribution in [0.25, 0.3) is 0 Å². The monoisotopic (exact) mass is 358 g/mol. The first-order valence-electron chi connectivity index (χ1n) is 6.09. The van der Waals surface area contributed by atoms with Crippen molar-refractivity contribution in [2.24, 2.45) is 0 Å². The highest BCUT2D eigenvalue weighted by molar-refractivity contribution is 7.18. The maximum absolute atomic E-state index is 12.0. The van der Waals surface area contributed by atoms with Crippen molar-refractivity contribution in [3.8, 4) is 11.5 Å². The van der Waals surface area contributed by atoms with E-state index in [1.165, 1.54) is 12.1 Å². The number of rotatable bonds is 4. The Hall–Kier alpha value is -1.76. The lowest BCUT2D eigenvalue weighted by molar-refractivity contribution is 0.0475. The lowest BCUT2D eigenvalue weighted by Crippen LogP contribution is -2.13. The number of Topliss-reactive ketones (excluding diaryl/α,β-unsaturated/α-hetero) is 1. The van der Waals surface area contributed by atoms with E-state index in [0.717, 1.165) is 11.3 Å². The molecule has 0 saturated carbocycles. The third kappa shape index (κ3) is 3.04. The smallest absolute Gasteiger partial charge is 0.338 e. The minimum atomic E-state index is -0.670. The Balaban J connectivity index is 1.67. The van der Waals surface area contributed by atoms with Crippen LogP contribution in [0.5, 0.6) is 11.5 Å². The molecule has 0 bridgehead atoms. The Morgan fingerprint density at radius 1 is 1.23 bits per heavy atom. The fraction of sp³-hybridized carbons (Fsp3) is 0.143. The number of carbonyl (C=O) groups is 2. The minimum absolute atomic E-state index is 0.0468. The van der Waals surface area contributed by atoms with Gasteiger partial charge in [-0.1, -0.05) is 23.2 Å². The fourth-order valence-electron chi connectivity index (χ4n) is 1.83. The first-order chi connectivity index (χ1) is 10.5. The Morgan fingerprint density at radius 2 is 2.05 bits per heavy atom. The second-order valence-corrected chi connectivity index (χ2v) is 6.42. The molecule has 1 aromatic carbocycles. The molecule has 8 heteroatoms. The van der Waals surface area contributed by atoms with Gasteiger partial charge in [-0.05, 0) is 24.3 Å². The average Bonchev–Trinajstić information content (AvgIpc) is 3.13. The molecule has 22 heavy (non-hydrogen) atoms. The largest absolute Gasteiger partial charge is 0.454 e. The molecule has 1 aromatic heterocycles. The standard InChI is InChI=1S/C14H8Cl2O5S/c15-8-3-7(4-10-13(8)21-6-20-10)14(18)19-5-9(17)11-1-2-12(16)22-11/h1-4H,5-6H2. The first-order valence-corrected chi connectivity index (χ1v) is 7.66. The number of halogens is 2. The van der Waals surface area contributed by atoms with Crippen molar-refractivity contribution in [2.45, 2.75) is 0 Å². The molecule has 0 unspecified atom stereocenters. The first kappa shape index (κ1) is 15.1. The van der Waals surface area contributed by atoms with Crippen molar-refractivity contribution in [1.82, 2.24) is 0 Å². The lowest BCUT2D eigenvalue weighted by atomic mass is 10.2. The van der Waals surface area contributed by atoms with E-state index in [-0.39, 0.29) is 29.8 Å². The van der Waals surface area contributed by atoms with Crippen molar-refractivity contribution in [1.29, 1.82) is 0 Å². The highest BCUT2D eigenvalue weighted by Gasteiger charge is 2.22. The topological polar surface area (TPSA) is 61.8 Å². The van der Waals surface area contributed by atoms with Crippen molar-refractivity contribution in [2.75, 3.05) is 13.4 Å². The molecule has 114 valence electrons. The van der Waals surface area contributed by atoms with E-state index >= 15 is 0 Å². The number of hydrogen-bond acceptors (Lipinski definition) is 6. The van der Waals surface area contributed by atoms with Gasteiger partial charge in [0.05, 0.1) is 19.8 Å². The van der Waals surface area contributed by atoms with Gasteiger partial charge in [0.15, 0.2) is 18.1 Å². The number of benzene rings is 1. The van der Waals surface area contributed by atoms with Crippen LogP contribution in [0.4, 0.5) is 0 Å². The molecule has 1 aliphatic rings. The zero-order valence-corrected chi connectivity index (χ0v) is 13.3. The second-order valence-electron chi connectivity index (χ2n) is 4.29. The van der Waals surface area contributed by atoms with E-state index in [2.05, 4.69) is 0 Å². The van der Waals surface area contributed by atoms with Gasteiger partial charge in [0.1, 0.15) is 0 Å². The zero-order chi connectivity index (χ0) is 15.7. The number of ether oxygens (including phenoxy) is 3. The summed E-state index contributed by atoms with van der Waals surface area (Å²) in [5.41, 5.74) is 0.186. The normalized spacial score (nSPS) is 12.3. The summed E-state index contributed by atoms with van der Waals surface area (Å²) in [6.45, 7) is -0.326. The van der Waals surface area contributed by atoms with E-state index in [4.69, 9.17) is 37.4 Å². The van der Waals surface area contributed by atoms with Crippen LogP contribution in [-0.4, -0.2) is 25.2 Å². The van der Waals surface area contributed by atoms with Crippen LogP contribution >= 0.6 is 34.5 Å². The van der Waals surface area contributed by atoms with Gasteiger partial charge in [0, 0.05) is 0 Å². The Kier molecular flexibility index (Phi) is 4.24. The molecule has 0 fully saturated rings. The summed E-state index contributed by atoms with van der Waals surface area (Å²) in [5.74, 6) is -0.230. The number of ketones is 1. The summed E-state index contributed by atoms with van der Waals surface area (Å²) < 4.78 is 15.8. The summed E-state index contributed by atoms with van der Waals surface area (Å²) in [4.78, 5) is 24.3. The number of fused-ring (bicyclic) bond motifs is 1.